The number of rotatable bonds is 6. The minimum absolute atomic E-state index is 0.0915. The molecule has 0 aliphatic heterocycles. The maximum absolute atomic E-state index is 13.5. The molecule has 0 fully saturated rings. The lowest BCUT2D eigenvalue weighted by atomic mass is 10.3. The van der Waals surface area contributed by atoms with E-state index in [1.807, 2.05) is 13.8 Å². The van der Waals surface area contributed by atoms with Crippen LogP contribution in [0.5, 0.6) is 0 Å². The molecule has 1 aromatic carbocycles. The van der Waals surface area contributed by atoms with E-state index in [1.54, 1.807) is 4.68 Å². The van der Waals surface area contributed by atoms with Crippen LogP contribution in [0.2, 0.25) is 0 Å². The molecule has 2 rings (SSSR count). The van der Waals surface area contributed by atoms with Crippen molar-refractivity contribution in [2.24, 2.45) is 0 Å². The van der Waals surface area contributed by atoms with Gasteiger partial charge in [0.1, 0.15) is 16.5 Å². The highest BCUT2D eigenvalue weighted by Crippen LogP contribution is 2.20. The van der Waals surface area contributed by atoms with E-state index in [1.165, 1.54) is 0 Å². The molecule has 126 valence electrons. The summed E-state index contributed by atoms with van der Waals surface area (Å²) in [5, 5.41) is 4.31. The van der Waals surface area contributed by atoms with Crippen molar-refractivity contribution in [3.8, 4) is 0 Å². The highest BCUT2D eigenvalue weighted by atomic mass is 79.9. The Balaban J connectivity index is 1.97. The van der Waals surface area contributed by atoms with Gasteiger partial charge in [-0.2, -0.15) is 5.10 Å². The fraction of sp³-hybridized carbons (Fsp3) is 0.357. The Morgan fingerprint density at radius 1 is 1.30 bits per heavy atom. The first-order valence-corrected chi connectivity index (χ1v) is 9.14. The van der Waals surface area contributed by atoms with Crippen LogP contribution in [-0.2, 0) is 16.6 Å². The Hall–Kier alpha value is -1.32. The maximum Gasteiger partial charge on any atom is 0.243 e. The fourth-order valence-corrected chi connectivity index (χ4v) is 3.53. The molecular weight excluding hydrogens is 392 g/mol. The molecule has 23 heavy (non-hydrogen) atoms. The lowest BCUT2D eigenvalue weighted by Gasteiger charge is -2.08. The van der Waals surface area contributed by atoms with Crippen molar-refractivity contribution in [2.75, 3.05) is 6.54 Å². The van der Waals surface area contributed by atoms with E-state index >= 15 is 0 Å². The van der Waals surface area contributed by atoms with Crippen LogP contribution in [-0.4, -0.2) is 24.7 Å². The molecule has 1 heterocycles. The summed E-state index contributed by atoms with van der Waals surface area (Å²) < 4.78 is 55.6. The molecule has 0 spiro atoms. The number of hydrogen-bond donors (Lipinski definition) is 1. The molecule has 0 aliphatic carbocycles. The van der Waals surface area contributed by atoms with Gasteiger partial charge in [-0.15, -0.1) is 0 Å². The van der Waals surface area contributed by atoms with Crippen LogP contribution in [0.4, 0.5) is 8.78 Å². The van der Waals surface area contributed by atoms with Crippen molar-refractivity contribution in [3.63, 3.8) is 0 Å². The van der Waals surface area contributed by atoms with Crippen molar-refractivity contribution in [2.45, 2.75) is 31.7 Å². The van der Waals surface area contributed by atoms with Crippen molar-refractivity contribution in [1.29, 1.82) is 0 Å². The third-order valence-electron chi connectivity index (χ3n) is 3.31. The Morgan fingerprint density at radius 3 is 2.61 bits per heavy atom. The van der Waals surface area contributed by atoms with Gasteiger partial charge in [-0.05, 0) is 54.4 Å². The first kappa shape index (κ1) is 18.0. The van der Waals surface area contributed by atoms with Crippen LogP contribution in [0, 0.1) is 25.5 Å². The van der Waals surface area contributed by atoms with Gasteiger partial charge in [0.15, 0.2) is 0 Å². The lowest BCUT2D eigenvalue weighted by molar-refractivity contribution is 0.531. The third-order valence-corrected chi connectivity index (χ3v) is 5.94. The molecule has 5 nitrogen and oxygen atoms in total. The highest BCUT2D eigenvalue weighted by molar-refractivity contribution is 9.10. The number of nitrogens with one attached hydrogen (secondary N) is 1. The molecule has 2 aromatic rings. The normalized spacial score (nSPS) is 11.9. The zero-order chi connectivity index (χ0) is 17.2. The smallest absolute Gasteiger partial charge is 0.243 e. The fourth-order valence-electron chi connectivity index (χ4n) is 2.09. The summed E-state index contributed by atoms with van der Waals surface area (Å²) in [5.41, 5.74) is 1.80. The summed E-state index contributed by atoms with van der Waals surface area (Å²) in [7, 11) is -4.08. The Morgan fingerprint density at radius 2 is 2.00 bits per heavy atom. The Labute approximate surface area is 141 Å². The van der Waals surface area contributed by atoms with Gasteiger partial charge in [0.25, 0.3) is 0 Å². The predicted molar refractivity (Wildman–Crippen MR) is 85.6 cm³/mol. The summed E-state index contributed by atoms with van der Waals surface area (Å²) in [6.45, 7) is 4.36. The van der Waals surface area contributed by atoms with E-state index in [-0.39, 0.29) is 6.54 Å². The first-order valence-electron chi connectivity index (χ1n) is 6.86. The second-order valence-corrected chi connectivity index (χ2v) is 7.56. The quantitative estimate of drug-likeness (QED) is 0.748. The van der Waals surface area contributed by atoms with E-state index in [2.05, 4.69) is 25.8 Å². The highest BCUT2D eigenvalue weighted by Gasteiger charge is 2.19. The number of aromatic nitrogens is 2. The van der Waals surface area contributed by atoms with E-state index in [0.29, 0.717) is 19.0 Å². The molecule has 0 saturated carbocycles. The SMILES string of the molecule is Cc1nn(CCCNS(=O)(=O)c2cc(F)ccc2F)c(C)c1Br. The molecule has 0 unspecified atom stereocenters. The summed E-state index contributed by atoms with van der Waals surface area (Å²) in [5.74, 6) is -1.79. The Kier molecular flexibility index (Phi) is 5.53. The maximum atomic E-state index is 13.5. The number of sulfonamides is 1. The van der Waals surface area contributed by atoms with Crippen LogP contribution < -0.4 is 4.72 Å². The average molecular weight is 408 g/mol. The lowest BCUT2D eigenvalue weighted by Crippen LogP contribution is -2.26. The van der Waals surface area contributed by atoms with Gasteiger partial charge in [-0.1, -0.05) is 0 Å². The molecule has 9 heteroatoms. The number of halogens is 3. The summed E-state index contributed by atoms with van der Waals surface area (Å²) >= 11 is 3.41. The van der Waals surface area contributed by atoms with Crippen molar-refractivity contribution < 1.29 is 17.2 Å². The second-order valence-electron chi connectivity index (χ2n) is 5.03. The molecule has 0 atom stereocenters. The zero-order valence-corrected chi connectivity index (χ0v) is 15.0. The summed E-state index contributed by atoms with van der Waals surface area (Å²) in [6, 6.07) is 2.32. The number of nitrogens with zero attached hydrogens (tertiary/aromatic N) is 2. The minimum Gasteiger partial charge on any atom is -0.268 e. The van der Waals surface area contributed by atoms with Gasteiger partial charge in [-0.25, -0.2) is 21.9 Å². The monoisotopic (exact) mass is 407 g/mol. The molecular formula is C14H16BrF2N3O2S. The van der Waals surface area contributed by atoms with Crippen LogP contribution in [0.15, 0.2) is 27.6 Å². The van der Waals surface area contributed by atoms with Crippen LogP contribution >= 0.6 is 15.9 Å². The molecule has 0 radical (unpaired) electrons. The predicted octanol–water partition coefficient (Wildman–Crippen LogP) is 2.91. The average Bonchev–Trinajstić information content (AvgIpc) is 2.73. The molecule has 1 aromatic heterocycles. The Bertz CT molecular complexity index is 822. The van der Waals surface area contributed by atoms with Crippen molar-refractivity contribution in [1.82, 2.24) is 14.5 Å². The van der Waals surface area contributed by atoms with Gasteiger partial charge in [-0.3, -0.25) is 4.68 Å². The molecule has 1 N–H and O–H groups in total. The third kappa shape index (κ3) is 4.15. The largest absolute Gasteiger partial charge is 0.268 e. The number of aryl methyl sites for hydroxylation is 2. The molecule has 0 amide bonds. The zero-order valence-electron chi connectivity index (χ0n) is 12.6. The summed E-state index contributed by atoms with van der Waals surface area (Å²) in [4.78, 5) is -0.689. The van der Waals surface area contributed by atoms with Crippen molar-refractivity contribution >= 4 is 26.0 Å². The van der Waals surface area contributed by atoms with Crippen LogP contribution in [0.25, 0.3) is 0 Å². The van der Waals surface area contributed by atoms with Crippen LogP contribution in [0.3, 0.4) is 0 Å². The van der Waals surface area contributed by atoms with E-state index in [4.69, 9.17) is 0 Å². The summed E-state index contributed by atoms with van der Waals surface area (Å²) in [6.07, 6.45) is 0.463. The standard InChI is InChI=1S/C14H16BrF2N3O2S/c1-9-14(15)10(2)20(19-9)7-3-6-18-23(21,22)13-8-11(16)4-5-12(13)17/h4-5,8,18H,3,6-7H2,1-2H3. The van der Waals surface area contributed by atoms with E-state index in [0.717, 1.165) is 28.0 Å². The molecule has 0 aliphatic rings. The topological polar surface area (TPSA) is 64.0 Å². The number of hydrogen-bond acceptors (Lipinski definition) is 3. The van der Waals surface area contributed by atoms with Crippen molar-refractivity contribution in [3.05, 3.63) is 45.7 Å². The van der Waals surface area contributed by atoms with E-state index in [9.17, 15) is 17.2 Å². The van der Waals surface area contributed by atoms with Gasteiger partial charge in [0.2, 0.25) is 10.0 Å². The van der Waals surface area contributed by atoms with Crippen LogP contribution in [0.1, 0.15) is 17.8 Å². The first-order chi connectivity index (χ1) is 10.7. The number of benzene rings is 1. The second kappa shape index (κ2) is 7.06. The van der Waals surface area contributed by atoms with E-state index < -0.39 is 26.6 Å². The minimum atomic E-state index is -4.08. The molecule has 0 bridgehead atoms. The molecule has 0 saturated heterocycles. The van der Waals surface area contributed by atoms with Gasteiger partial charge in [0, 0.05) is 18.8 Å². The van der Waals surface area contributed by atoms with Gasteiger partial charge < -0.3 is 0 Å². The van der Waals surface area contributed by atoms with Gasteiger partial charge >= 0.3 is 0 Å². The van der Waals surface area contributed by atoms with Gasteiger partial charge in [0.05, 0.1) is 10.2 Å².